The molecular weight excluding hydrogens is 288 g/mol. The average molecular weight is 302 g/mol. The molecular formula is C14H14N4O4. The minimum absolute atomic E-state index is 0.0503. The van der Waals surface area contributed by atoms with Crippen molar-refractivity contribution in [1.82, 2.24) is 10.6 Å². The van der Waals surface area contributed by atoms with Crippen LogP contribution in [0, 0.1) is 10.1 Å². The molecule has 114 valence electrons. The summed E-state index contributed by atoms with van der Waals surface area (Å²) in [6.45, 7) is 0. The van der Waals surface area contributed by atoms with E-state index in [1.54, 1.807) is 12.1 Å². The number of hydrogen-bond acceptors (Lipinski definition) is 5. The van der Waals surface area contributed by atoms with Gasteiger partial charge >= 0.3 is 6.03 Å². The van der Waals surface area contributed by atoms with Gasteiger partial charge in [-0.3, -0.25) is 10.1 Å². The Kier molecular flexibility index (Phi) is 3.50. The van der Waals surface area contributed by atoms with Crippen molar-refractivity contribution in [2.75, 3.05) is 0 Å². The van der Waals surface area contributed by atoms with Crippen LogP contribution in [0.5, 0.6) is 0 Å². The first-order valence-electron chi connectivity index (χ1n) is 6.86. The van der Waals surface area contributed by atoms with Crippen LogP contribution in [0.3, 0.4) is 0 Å². The lowest BCUT2D eigenvalue weighted by atomic mass is 9.85. The molecule has 1 aliphatic carbocycles. The van der Waals surface area contributed by atoms with Crippen molar-refractivity contribution in [2.45, 2.75) is 25.3 Å². The summed E-state index contributed by atoms with van der Waals surface area (Å²) >= 11 is 0. The van der Waals surface area contributed by atoms with Gasteiger partial charge in [0.2, 0.25) is 0 Å². The molecule has 1 aliphatic heterocycles. The number of oxime groups is 1. The Hall–Kier alpha value is -2.90. The first-order valence-corrected chi connectivity index (χ1v) is 6.86. The Labute approximate surface area is 125 Å². The lowest BCUT2D eigenvalue weighted by molar-refractivity contribution is -0.384. The van der Waals surface area contributed by atoms with Crippen LogP contribution in [-0.2, 0) is 0 Å². The molecule has 1 aromatic rings. The van der Waals surface area contributed by atoms with E-state index in [1.807, 2.05) is 0 Å². The van der Waals surface area contributed by atoms with E-state index in [1.165, 1.54) is 12.1 Å². The maximum absolute atomic E-state index is 11.8. The Morgan fingerprint density at radius 3 is 2.91 bits per heavy atom. The van der Waals surface area contributed by atoms with Gasteiger partial charge in [0, 0.05) is 23.4 Å². The van der Waals surface area contributed by atoms with Crippen molar-refractivity contribution < 1.29 is 14.9 Å². The molecule has 0 unspecified atom stereocenters. The molecule has 1 heterocycles. The van der Waals surface area contributed by atoms with E-state index >= 15 is 0 Å². The Bertz CT molecular complexity index is 711. The van der Waals surface area contributed by atoms with Crippen molar-refractivity contribution in [1.29, 1.82) is 0 Å². The lowest BCUT2D eigenvalue weighted by Crippen LogP contribution is -2.46. The van der Waals surface area contributed by atoms with Gasteiger partial charge in [-0.15, -0.1) is 0 Å². The van der Waals surface area contributed by atoms with Gasteiger partial charge < -0.3 is 15.8 Å². The molecule has 0 aromatic heterocycles. The number of urea groups is 1. The van der Waals surface area contributed by atoms with Crippen LogP contribution in [0.25, 0.3) is 0 Å². The highest BCUT2D eigenvalue weighted by atomic mass is 16.6. The van der Waals surface area contributed by atoms with Gasteiger partial charge in [0.15, 0.2) is 0 Å². The number of carbonyl (C=O) groups is 1. The number of rotatable bonds is 2. The molecule has 3 rings (SSSR count). The van der Waals surface area contributed by atoms with Crippen LogP contribution >= 0.6 is 0 Å². The number of carbonyl (C=O) groups excluding carboxylic acids is 1. The molecule has 2 aliphatic rings. The zero-order valence-corrected chi connectivity index (χ0v) is 11.6. The molecule has 22 heavy (non-hydrogen) atoms. The van der Waals surface area contributed by atoms with Gasteiger partial charge in [-0.25, -0.2) is 4.79 Å². The smallest absolute Gasteiger partial charge is 0.319 e. The van der Waals surface area contributed by atoms with E-state index in [4.69, 9.17) is 0 Å². The molecule has 0 spiro atoms. The molecule has 1 aromatic carbocycles. The number of non-ortho nitro benzene ring substituents is 1. The zero-order valence-electron chi connectivity index (χ0n) is 11.6. The summed E-state index contributed by atoms with van der Waals surface area (Å²) in [6, 6.07) is 5.16. The second-order valence-electron chi connectivity index (χ2n) is 5.18. The molecule has 2 amide bonds. The third kappa shape index (κ3) is 2.39. The van der Waals surface area contributed by atoms with Crippen LogP contribution in [0.1, 0.15) is 30.9 Å². The van der Waals surface area contributed by atoms with Gasteiger partial charge in [0.25, 0.3) is 5.69 Å². The normalized spacial score (nSPS) is 22.8. The van der Waals surface area contributed by atoms with Crippen molar-refractivity contribution in [3.8, 4) is 0 Å². The number of nitro groups is 1. The van der Waals surface area contributed by atoms with Crippen molar-refractivity contribution in [3.63, 3.8) is 0 Å². The van der Waals surface area contributed by atoms with E-state index in [-0.39, 0.29) is 11.7 Å². The predicted octanol–water partition coefficient (Wildman–Crippen LogP) is 2.22. The Morgan fingerprint density at radius 2 is 2.18 bits per heavy atom. The SMILES string of the molecule is O=C1NC2=C(/C(=N\O)CCC2)[C@H](c2cccc([N+](=O)[O-])c2)N1. The molecule has 8 nitrogen and oxygen atoms in total. The summed E-state index contributed by atoms with van der Waals surface area (Å²) < 4.78 is 0. The third-order valence-electron chi connectivity index (χ3n) is 3.84. The zero-order chi connectivity index (χ0) is 15.7. The first kappa shape index (κ1) is 14.1. The summed E-state index contributed by atoms with van der Waals surface area (Å²) in [4.78, 5) is 22.3. The van der Waals surface area contributed by atoms with Crippen molar-refractivity contribution in [2.24, 2.45) is 5.16 Å². The molecule has 8 heteroatoms. The fourth-order valence-corrected chi connectivity index (χ4v) is 2.89. The minimum atomic E-state index is -0.560. The number of benzene rings is 1. The van der Waals surface area contributed by atoms with Gasteiger partial charge in [0.05, 0.1) is 16.7 Å². The lowest BCUT2D eigenvalue weighted by Gasteiger charge is -2.33. The number of nitro benzene ring substituents is 1. The fraction of sp³-hybridized carbons (Fsp3) is 0.286. The monoisotopic (exact) mass is 302 g/mol. The van der Waals surface area contributed by atoms with Crippen molar-refractivity contribution >= 4 is 17.4 Å². The number of amides is 2. The topological polar surface area (TPSA) is 117 Å². The van der Waals surface area contributed by atoms with E-state index in [0.717, 1.165) is 6.42 Å². The molecule has 0 bridgehead atoms. The molecule has 0 fully saturated rings. The largest absolute Gasteiger partial charge is 0.411 e. The maximum atomic E-state index is 11.8. The summed E-state index contributed by atoms with van der Waals surface area (Å²) in [5, 5.41) is 28.9. The molecule has 0 saturated carbocycles. The van der Waals surface area contributed by atoms with Gasteiger partial charge in [0.1, 0.15) is 0 Å². The van der Waals surface area contributed by atoms with E-state index < -0.39 is 11.0 Å². The standard InChI is InChI=1S/C14H14N4O4/c19-14-15-10-5-2-6-11(17-20)12(10)13(16-14)8-3-1-4-9(7-8)18(21)22/h1,3-4,7,13,20H,2,5-6H2,(H2,15,16,19)/b17-11-/t13-/m0/s1. The van der Waals surface area contributed by atoms with Crippen LogP contribution in [-0.4, -0.2) is 21.9 Å². The van der Waals surface area contributed by atoms with Gasteiger partial charge in [-0.2, -0.15) is 0 Å². The van der Waals surface area contributed by atoms with E-state index in [2.05, 4.69) is 15.8 Å². The maximum Gasteiger partial charge on any atom is 0.319 e. The average Bonchev–Trinajstić information content (AvgIpc) is 2.53. The number of nitrogens with zero attached hydrogens (tertiary/aromatic N) is 2. The first-order chi connectivity index (χ1) is 10.6. The third-order valence-corrected chi connectivity index (χ3v) is 3.84. The summed E-state index contributed by atoms with van der Waals surface area (Å²) in [7, 11) is 0. The molecule has 0 radical (unpaired) electrons. The van der Waals surface area contributed by atoms with Crippen LogP contribution in [0.15, 0.2) is 40.7 Å². The van der Waals surface area contributed by atoms with Gasteiger partial charge in [-0.1, -0.05) is 17.3 Å². The second-order valence-corrected chi connectivity index (χ2v) is 5.18. The summed E-state index contributed by atoms with van der Waals surface area (Å²) in [5.41, 5.74) is 2.42. The highest BCUT2D eigenvalue weighted by molar-refractivity contribution is 6.04. The Balaban J connectivity index is 2.09. The molecule has 1 atom stereocenters. The quantitative estimate of drug-likeness (QED) is 0.441. The number of nitrogens with one attached hydrogen (secondary N) is 2. The number of allylic oxidation sites excluding steroid dienone is 1. The minimum Gasteiger partial charge on any atom is -0.411 e. The fourth-order valence-electron chi connectivity index (χ4n) is 2.89. The van der Waals surface area contributed by atoms with Gasteiger partial charge in [-0.05, 0) is 24.8 Å². The molecule has 3 N–H and O–H groups in total. The van der Waals surface area contributed by atoms with E-state index in [9.17, 15) is 20.1 Å². The van der Waals surface area contributed by atoms with E-state index in [0.29, 0.717) is 35.4 Å². The number of hydrogen-bond donors (Lipinski definition) is 3. The van der Waals surface area contributed by atoms with Crippen LogP contribution < -0.4 is 10.6 Å². The Morgan fingerprint density at radius 1 is 1.36 bits per heavy atom. The predicted molar refractivity (Wildman–Crippen MR) is 77.6 cm³/mol. The highest BCUT2D eigenvalue weighted by Crippen LogP contribution is 2.34. The summed E-state index contributed by atoms with van der Waals surface area (Å²) in [5.74, 6) is 0. The highest BCUT2D eigenvalue weighted by Gasteiger charge is 2.34. The van der Waals surface area contributed by atoms with Crippen molar-refractivity contribution in [3.05, 3.63) is 51.2 Å². The van der Waals surface area contributed by atoms with Crippen LogP contribution in [0.4, 0.5) is 10.5 Å². The summed E-state index contributed by atoms with van der Waals surface area (Å²) in [6.07, 6.45) is 2.05. The second kappa shape index (κ2) is 5.47. The molecule has 0 saturated heterocycles. The van der Waals surface area contributed by atoms with Crippen LogP contribution in [0.2, 0.25) is 0 Å².